The molecule has 0 saturated carbocycles. The Morgan fingerprint density at radius 2 is 2.00 bits per heavy atom. The number of urea groups is 1. The van der Waals surface area contributed by atoms with Crippen molar-refractivity contribution in [2.45, 2.75) is 45.2 Å². The van der Waals surface area contributed by atoms with E-state index in [0.29, 0.717) is 24.7 Å². The van der Waals surface area contributed by atoms with Crippen LogP contribution in [0.3, 0.4) is 0 Å². The van der Waals surface area contributed by atoms with Crippen molar-refractivity contribution in [1.82, 2.24) is 20.4 Å². The molecule has 1 saturated heterocycles. The molecule has 28 heavy (non-hydrogen) atoms. The highest BCUT2D eigenvalue weighted by molar-refractivity contribution is 6.21. The third-order valence-corrected chi connectivity index (χ3v) is 4.72. The standard InChI is InChI=1S/C20H25N5O3/c1-14(2)15-4-6-16(7-5-15)25-19(27)17(23-20(25)28)8-9-18(26)21-11-13-24-12-3-10-22-24/h3-7,10,12,14,17H,8-9,11,13H2,1-2H3,(H,21,26)(H,23,28). The van der Waals surface area contributed by atoms with Crippen LogP contribution in [-0.4, -0.2) is 40.2 Å². The van der Waals surface area contributed by atoms with Crippen molar-refractivity contribution in [1.29, 1.82) is 0 Å². The molecule has 1 atom stereocenters. The summed E-state index contributed by atoms with van der Waals surface area (Å²) in [6, 6.07) is 8.06. The summed E-state index contributed by atoms with van der Waals surface area (Å²) >= 11 is 0. The molecule has 0 radical (unpaired) electrons. The fourth-order valence-corrected chi connectivity index (χ4v) is 3.09. The van der Waals surface area contributed by atoms with E-state index in [4.69, 9.17) is 0 Å². The number of anilines is 1. The second-order valence-corrected chi connectivity index (χ2v) is 7.08. The smallest absolute Gasteiger partial charge is 0.329 e. The van der Waals surface area contributed by atoms with E-state index in [1.54, 1.807) is 23.0 Å². The van der Waals surface area contributed by atoms with Crippen molar-refractivity contribution < 1.29 is 14.4 Å². The first-order valence-corrected chi connectivity index (χ1v) is 9.44. The predicted molar refractivity (Wildman–Crippen MR) is 105 cm³/mol. The first-order chi connectivity index (χ1) is 13.5. The summed E-state index contributed by atoms with van der Waals surface area (Å²) in [5.41, 5.74) is 1.68. The SMILES string of the molecule is CC(C)c1ccc(N2C(=O)NC(CCC(=O)NCCn3cccn3)C2=O)cc1. The van der Waals surface area contributed by atoms with Crippen LogP contribution in [-0.2, 0) is 16.1 Å². The van der Waals surface area contributed by atoms with Crippen LogP contribution >= 0.6 is 0 Å². The second-order valence-electron chi connectivity index (χ2n) is 7.08. The number of benzene rings is 1. The van der Waals surface area contributed by atoms with Crippen molar-refractivity contribution in [2.75, 3.05) is 11.4 Å². The molecule has 0 spiro atoms. The third kappa shape index (κ3) is 4.57. The van der Waals surface area contributed by atoms with Gasteiger partial charge in [-0.25, -0.2) is 9.69 Å². The van der Waals surface area contributed by atoms with Crippen LogP contribution in [0, 0.1) is 0 Å². The lowest BCUT2D eigenvalue weighted by Gasteiger charge is -2.14. The van der Waals surface area contributed by atoms with Crippen LogP contribution in [0.1, 0.15) is 38.2 Å². The second kappa shape index (κ2) is 8.69. The fraction of sp³-hybridized carbons (Fsp3) is 0.400. The van der Waals surface area contributed by atoms with E-state index in [1.807, 2.05) is 24.4 Å². The summed E-state index contributed by atoms with van der Waals surface area (Å²) < 4.78 is 1.73. The molecule has 148 valence electrons. The number of hydrogen-bond acceptors (Lipinski definition) is 4. The predicted octanol–water partition coefficient (Wildman–Crippen LogP) is 2.03. The normalized spacial score (nSPS) is 16.5. The molecule has 1 unspecified atom stereocenters. The Kier molecular flexibility index (Phi) is 6.08. The molecular formula is C20H25N5O3. The minimum absolute atomic E-state index is 0.158. The number of aromatic nitrogens is 2. The first-order valence-electron chi connectivity index (χ1n) is 9.44. The van der Waals surface area contributed by atoms with Crippen molar-refractivity contribution in [3.8, 4) is 0 Å². The van der Waals surface area contributed by atoms with Crippen molar-refractivity contribution in [3.05, 3.63) is 48.3 Å². The Morgan fingerprint density at radius 3 is 2.64 bits per heavy atom. The fourth-order valence-electron chi connectivity index (χ4n) is 3.09. The average Bonchev–Trinajstić information content (AvgIpc) is 3.28. The number of carbonyl (C=O) groups excluding carboxylic acids is 3. The van der Waals surface area contributed by atoms with Crippen LogP contribution in [0.5, 0.6) is 0 Å². The van der Waals surface area contributed by atoms with E-state index < -0.39 is 12.1 Å². The average molecular weight is 383 g/mol. The van der Waals surface area contributed by atoms with Gasteiger partial charge in [-0.3, -0.25) is 14.3 Å². The number of nitrogens with one attached hydrogen (secondary N) is 2. The maximum Gasteiger partial charge on any atom is 0.329 e. The van der Waals surface area contributed by atoms with Crippen LogP contribution in [0.4, 0.5) is 10.5 Å². The van der Waals surface area contributed by atoms with Gasteiger partial charge in [-0.1, -0.05) is 26.0 Å². The molecule has 4 amide bonds. The van der Waals surface area contributed by atoms with Crippen molar-refractivity contribution in [3.63, 3.8) is 0 Å². The maximum atomic E-state index is 12.6. The number of hydrogen-bond donors (Lipinski definition) is 2. The first kappa shape index (κ1) is 19.6. The quantitative estimate of drug-likeness (QED) is 0.682. The summed E-state index contributed by atoms with van der Waals surface area (Å²) in [6.45, 7) is 5.20. The van der Waals surface area contributed by atoms with E-state index in [0.717, 1.165) is 10.5 Å². The molecule has 2 heterocycles. The Labute approximate surface area is 163 Å². The highest BCUT2D eigenvalue weighted by Gasteiger charge is 2.38. The highest BCUT2D eigenvalue weighted by atomic mass is 16.2. The van der Waals surface area contributed by atoms with E-state index in [1.165, 1.54) is 0 Å². The molecule has 2 N–H and O–H groups in total. The van der Waals surface area contributed by atoms with E-state index in [-0.39, 0.29) is 24.7 Å². The summed E-state index contributed by atoms with van der Waals surface area (Å²) in [5.74, 6) is -0.114. The molecule has 3 rings (SSSR count). The lowest BCUT2D eigenvalue weighted by atomic mass is 10.0. The summed E-state index contributed by atoms with van der Waals surface area (Å²) in [5, 5.41) is 9.52. The Balaban J connectivity index is 1.49. The number of nitrogens with zero attached hydrogens (tertiary/aromatic N) is 3. The molecule has 8 nitrogen and oxygen atoms in total. The zero-order chi connectivity index (χ0) is 20.1. The van der Waals surface area contributed by atoms with E-state index in [9.17, 15) is 14.4 Å². The molecule has 1 aliphatic rings. The molecule has 8 heteroatoms. The molecule has 1 fully saturated rings. The molecule has 2 aromatic rings. The number of imide groups is 1. The zero-order valence-electron chi connectivity index (χ0n) is 16.1. The highest BCUT2D eigenvalue weighted by Crippen LogP contribution is 2.24. The van der Waals surface area contributed by atoms with E-state index in [2.05, 4.69) is 29.6 Å². The van der Waals surface area contributed by atoms with Gasteiger partial charge in [0.15, 0.2) is 0 Å². The molecule has 1 aromatic heterocycles. The zero-order valence-corrected chi connectivity index (χ0v) is 16.1. The Bertz CT molecular complexity index is 830. The summed E-state index contributed by atoms with van der Waals surface area (Å²) in [4.78, 5) is 38.0. The molecule has 1 aliphatic heterocycles. The van der Waals surface area contributed by atoms with Gasteiger partial charge in [0.1, 0.15) is 6.04 Å². The van der Waals surface area contributed by atoms with Crippen LogP contribution in [0.15, 0.2) is 42.7 Å². The largest absolute Gasteiger partial charge is 0.354 e. The molecule has 0 bridgehead atoms. The van der Waals surface area contributed by atoms with Gasteiger partial charge in [0, 0.05) is 25.4 Å². The number of amides is 4. The van der Waals surface area contributed by atoms with Crippen LogP contribution in [0.2, 0.25) is 0 Å². The van der Waals surface area contributed by atoms with Gasteiger partial charge in [-0.15, -0.1) is 0 Å². The topological polar surface area (TPSA) is 96.3 Å². The van der Waals surface area contributed by atoms with Crippen molar-refractivity contribution in [2.24, 2.45) is 0 Å². The minimum Gasteiger partial charge on any atom is -0.354 e. The van der Waals surface area contributed by atoms with Gasteiger partial charge in [0.25, 0.3) is 5.91 Å². The molecular weight excluding hydrogens is 358 g/mol. The van der Waals surface area contributed by atoms with Gasteiger partial charge in [0.2, 0.25) is 5.91 Å². The van der Waals surface area contributed by atoms with Gasteiger partial charge >= 0.3 is 6.03 Å². The van der Waals surface area contributed by atoms with E-state index >= 15 is 0 Å². The number of rotatable bonds is 8. The van der Waals surface area contributed by atoms with Crippen LogP contribution < -0.4 is 15.5 Å². The Morgan fingerprint density at radius 1 is 1.25 bits per heavy atom. The lowest BCUT2D eigenvalue weighted by Crippen LogP contribution is -2.33. The minimum atomic E-state index is -0.686. The van der Waals surface area contributed by atoms with Crippen molar-refractivity contribution >= 4 is 23.5 Å². The summed E-state index contributed by atoms with van der Waals surface area (Å²) in [7, 11) is 0. The molecule has 1 aromatic carbocycles. The summed E-state index contributed by atoms with van der Waals surface area (Å²) in [6.07, 6.45) is 3.92. The molecule has 0 aliphatic carbocycles. The monoisotopic (exact) mass is 383 g/mol. The van der Waals surface area contributed by atoms with Gasteiger partial charge in [-0.2, -0.15) is 5.10 Å². The lowest BCUT2D eigenvalue weighted by molar-refractivity contribution is -0.121. The van der Waals surface area contributed by atoms with Gasteiger partial charge in [0.05, 0.1) is 12.2 Å². The number of carbonyl (C=O) groups is 3. The maximum absolute atomic E-state index is 12.6. The van der Waals surface area contributed by atoms with Crippen LogP contribution in [0.25, 0.3) is 0 Å². The van der Waals surface area contributed by atoms with Gasteiger partial charge < -0.3 is 10.6 Å². The Hall–Kier alpha value is -3.16. The third-order valence-electron chi connectivity index (χ3n) is 4.72. The van der Waals surface area contributed by atoms with Gasteiger partial charge in [-0.05, 0) is 36.1 Å².